The van der Waals surface area contributed by atoms with Crippen LogP contribution in [0.3, 0.4) is 0 Å². The summed E-state index contributed by atoms with van der Waals surface area (Å²) in [5, 5.41) is 0. The van der Waals surface area contributed by atoms with Gasteiger partial charge in [0.05, 0.1) is 11.5 Å². The largest absolute Gasteiger partial charge is 0.377 e. The third-order valence-electron chi connectivity index (χ3n) is 4.62. The van der Waals surface area contributed by atoms with Crippen molar-refractivity contribution in [2.45, 2.75) is 32.1 Å². The average molecular weight is 311 g/mol. The zero-order valence-electron chi connectivity index (χ0n) is 13.2. The number of carbonyl (C=O) groups excluding carboxylic acids is 3. The number of benzene rings is 1. The number of rotatable bonds is 3. The molecule has 4 heteroatoms. The molecule has 120 valence electrons. The van der Waals surface area contributed by atoms with Crippen molar-refractivity contribution < 1.29 is 14.4 Å². The van der Waals surface area contributed by atoms with Crippen molar-refractivity contribution in [3.05, 3.63) is 47.7 Å². The number of hydrogen-bond acceptors (Lipinski definition) is 4. The van der Waals surface area contributed by atoms with Crippen LogP contribution in [-0.2, 0) is 9.59 Å². The van der Waals surface area contributed by atoms with Gasteiger partial charge in [0.2, 0.25) is 0 Å². The lowest BCUT2D eigenvalue weighted by Gasteiger charge is -2.28. The van der Waals surface area contributed by atoms with Crippen molar-refractivity contribution in [1.82, 2.24) is 4.90 Å². The highest BCUT2D eigenvalue weighted by Gasteiger charge is 2.37. The molecule has 0 unspecified atom stereocenters. The Bertz CT molecular complexity index is 642. The van der Waals surface area contributed by atoms with E-state index in [0.717, 1.165) is 25.9 Å². The Labute approximate surface area is 136 Å². The summed E-state index contributed by atoms with van der Waals surface area (Å²) in [5.41, 5.74) is 0.755. The van der Waals surface area contributed by atoms with Gasteiger partial charge in [0, 0.05) is 31.3 Å². The molecule has 0 aromatic heterocycles. The van der Waals surface area contributed by atoms with Gasteiger partial charge in [-0.1, -0.05) is 30.3 Å². The number of piperidine rings is 1. The van der Waals surface area contributed by atoms with Crippen LogP contribution in [0.1, 0.15) is 42.5 Å². The van der Waals surface area contributed by atoms with Crippen LogP contribution in [0.2, 0.25) is 0 Å². The topological polar surface area (TPSA) is 54.5 Å². The fourth-order valence-corrected chi connectivity index (χ4v) is 3.29. The van der Waals surface area contributed by atoms with Crippen LogP contribution in [0.5, 0.6) is 0 Å². The molecule has 0 amide bonds. The Kier molecular flexibility index (Phi) is 4.70. The first-order valence-corrected chi connectivity index (χ1v) is 8.29. The van der Waals surface area contributed by atoms with Gasteiger partial charge in [0.25, 0.3) is 0 Å². The Morgan fingerprint density at radius 2 is 1.74 bits per heavy atom. The minimum atomic E-state index is -0.717. The van der Waals surface area contributed by atoms with E-state index in [9.17, 15) is 14.4 Å². The molecule has 4 nitrogen and oxygen atoms in total. The van der Waals surface area contributed by atoms with Gasteiger partial charge in [0.1, 0.15) is 0 Å². The quantitative estimate of drug-likeness (QED) is 0.373. The number of allylic oxidation sites excluding steroid dienone is 1. The van der Waals surface area contributed by atoms with Gasteiger partial charge in [-0.2, -0.15) is 0 Å². The summed E-state index contributed by atoms with van der Waals surface area (Å²) < 4.78 is 0. The summed E-state index contributed by atoms with van der Waals surface area (Å²) >= 11 is 0. The van der Waals surface area contributed by atoms with Gasteiger partial charge in [-0.05, 0) is 25.7 Å². The molecule has 1 saturated heterocycles. The molecule has 2 aliphatic rings. The van der Waals surface area contributed by atoms with Crippen molar-refractivity contribution in [3.63, 3.8) is 0 Å². The fourth-order valence-electron chi connectivity index (χ4n) is 3.29. The van der Waals surface area contributed by atoms with Crippen LogP contribution in [0.25, 0.3) is 0 Å². The van der Waals surface area contributed by atoms with E-state index in [-0.39, 0.29) is 29.3 Å². The zero-order valence-corrected chi connectivity index (χ0v) is 13.2. The van der Waals surface area contributed by atoms with E-state index in [1.54, 1.807) is 30.5 Å². The number of likely N-dealkylation sites (tertiary alicyclic amines) is 1. The minimum Gasteiger partial charge on any atom is -0.377 e. The molecular weight excluding hydrogens is 290 g/mol. The highest BCUT2D eigenvalue weighted by molar-refractivity contribution is 6.28. The highest BCUT2D eigenvalue weighted by atomic mass is 16.2. The highest BCUT2D eigenvalue weighted by Crippen LogP contribution is 2.27. The van der Waals surface area contributed by atoms with E-state index in [4.69, 9.17) is 0 Å². The molecule has 1 heterocycles. The summed E-state index contributed by atoms with van der Waals surface area (Å²) in [6.45, 7) is 1.75. The smallest absolute Gasteiger partial charge is 0.178 e. The molecule has 23 heavy (non-hydrogen) atoms. The van der Waals surface area contributed by atoms with Crippen LogP contribution >= 0.6 is 0 Å². The second-order valence-electron chi connectivity index (χ2n) is 6.25. The van der Waals surface area contributed by atoms with Crippen molar-refractivity contribution in [3.8, 4) is 0 Å². The second-order valence-corrected chi connectivity index (χ2v) is 6.25. The summed E-state index contributed by atoms with van der Waals surface area (Å²) in [7, 11) is 0. The molecule has 0 spiro atoms. The maximum absolute atomic E-state index is 12.7. The summed E-state index contributed by atoms with van der Waals surface area (Å²) in [6.07, 6.45) is 5.65. The minimum absolute atomic E-state index is 0.127. The molecule has 1 atom stereocenters. The zero-order chi connectivity index (χ0) is 16.2. The third-order valence-corrected chi connectivity index (χ3v) is 4.62. The van der Waals surface area contributed by atoms with E-state index >= 15 is 0 Å². The first-order valence-electron chi connectivity index (χ1n) is 8.29. The van der Waals surface area contributed by atoms with Crippen LogP contribution in [0.4, 0.5) is 0 Å². The van der Waals surface area contributed by atoms with Crippen molar-refractivity contribution in [2.75, 3.05) is 13.1 Å². The monoisotopic (exact) mass is 311 g/mol. The normalized spacial score (nSPS) is 24.1. The Morgan fingerprint density at radius 1 is 1.04 bits per heavy atom. The van der Waals surface area contributed by atoms with Gasteiger partial charge in [0.15, 0.2) is 17.3 Å². The standard InChI is InChI=1S/C19H21NO3/c21-17-10-9-15(18(22)14-7-3-1-4-8-14)19(23)16(17)13-20-11-5-2-6-12-20/h1,3-4,7-8,13,15H,2,5-6,9-12H2/b16-13-/t15-/m0/s1. The predicted octanol–water partition coefficient (Wildman–Crippen LogP) is 2.79. The average Bonchev–Trinajstić information content (AvgIpc) is 2.60. The second kappa shape index (κ2) is 6.90. The third kappa shape index (κ3) is 3.41. The molecule has 0 radical (unpaired) electrons. The van der Waals surface area contributed by atoms with Crippen LogP contribution in [-0.4, -0.2) is 35.3 Å². The summed E-state index contributed by atoms with van der Waals surface area (Å²) in [6, 6.07) is 8.86. The van der Waals surface area contributed by atoms with Gasteiger partial charge < -0.3 is 4.90 Å². The lowest BCUT2D eigenvalue weighted by molar-refractivity contribution is -0.125. The fraction of sp³-hybridized carbons (Fsp3) is 0.421. The SMILES string of the molecule is O=C1CC[C@@H](C(=O)c2ccccc2)C(=O)/C1=C\N1CCCCC1. The molecule has 1 saturated carbocycles. The molecule has 0 N–H and O–H groups in total. The van der Waals surface area contributed by atoms with E-state index in [1.165, 1.54) is 6.42 Å². The molecule has 1 aromatic rings. The van der Waals surface area contributed by atoms with Gasteiger partial charge in [-0.15, -0.1) is 0 Å². The van der Waals surface area contributed by atoms with Crippen molar-refractivity contribution in [2.24, 2.45) is 5.92 Å². The first-order chi connectivity index (χ1) is 11.2. The number of carbonyl (C=O) groups is 3. The number of nitrogens with zero attached hydrogens (tertiary/aromatic N) is 1. The van der Waals surface area contributed by atoms with Gasteiger partial charge >= 0.3 is 0 Å². The maximum atomic E-state index is 12.7. The molecule has 3 rings (SSSR count). The summed E-state index contributed by atoms with van der Waals surface area (Å²) in [4.78, 5) is 39.5. The van der Waals surface area contributed by atoms with Crippen LogP contribution < -0.4 is 0 Å². The molecule has 2 fully saturated rings. The predicted molar refractivity (Wildman–Crippen MR) is 87.0 cm³/mol. The number of hydrogen-bond donors (Lipinski definition) is 0. The molecule has 1 aliphatic carbocycles. The van der Waals surface area contributed by atoms with Gasteiger partial charge in [-0.25, -0.2) is 0 Å². The molecule has 1 aromatic carbocycles. The van der Waals surface area contributed by atoms with Crippen LogP contribution in [0, 0.1) is 5.92 Å². The van der Waals surface area contributed by atoms with Crippen molar-refractivity contribution in [1.29, 1.82) is 0 Å². The molecular formula is C19H21NO3. The Balaban J connectivity index is 1.81. The maximum Gasteiger partial charge on any atom is 0.178 e. The van der Waals surface area contributed by atoms with E-state index in [0.29, 0.717) is 12.0 Å². The summed E-state index contributed by atoms with van der Waals surface area (Å²) in [5.74, 6) is -1.32. The van der Waals surface area contributed by atoms with E-state index in [2.05, 4.69) is 0 Å². The number of Topliss-reactive ketones (excluding diaryl/α,β-unsaturated/α-hetero) is 3. The molecule has 1 aliphatic heterocycles. The van der Waals surface area contributed by atoms with Crippen LogP contribution in [0.15, 0.2) is 42.1 Å². The van der Waals surface area contributed by atoms with Crippen molar-refractivity contribution >= 4 is 17.3 Å². The lowest BCUT2D eigenvalue weighted by atomic mass is 9.79. The van der Waals surface area contributed by atoms with Gasteiger partial charge in [-0.3, -0.25) is 14.4 Å². The molecule has 0 bridgehead atoms. The lowest BCUT2D eigenvalue weighted by Crippen LogP contribution is -2.35. The Hall–Kier alpha value is -2.23. The number of ketones is 3. The first kappa shape index (κ1) is 15.7. The van der Waals surface area contributed by atoms with E-state index in [1.807, 2.05) is 11.0 Å². The van der Waals surface area contributed by atoms with E-state index < -0.39 is 5.92 Å². The Morgan fingerprint density at radius 3 is 2.43 bits per heavy atom.